The largest absolute Gasteiger partial charge is 0.450 e. The van der Waals surface area contributed by atoms with Crippen LogP contribution in [0, 0.1) is 0 Å². The summed E-state index contributed by atoms with van der Waals surface area (Å²) < 4.78 is 4.98. The Morgan fingerprint density at radius 1 is 1.20 bits per heavy atom. The fourth-order valence-electron chi connectivity index (χ4n) is 2.70. The minimum atomic E-state index is -0.281. The van der Waals surface area contributed by atoms with E-state index in [1.54, 1.807) is 30.0 Å². The van der Waals surface area contributed by atoms with Crippen molar-refractivity contribution in [2.45, 2.75) is 32.2 Å². The quantitative estimate of drug-likeness (QED) is 0.782. The van der Waals surface area contributed by atoms with Crippen molar-refractivity contribution in [3.05, 3.63) is 28.2 Å². The van der Waals surface area contributed by atoms with Crippen LogP contribution >= 0.6 is 23.2 Å². The second kappa shape index (κ2) is 9.73. The molecule has 1 fully saturated rings. The number of hydrogen-bond donors (Lipinski definition) is 2. The molecule has 0 aliphatic carbocycles. The number of nitrogens with one attached hydrogen (secondary N) is 2. The molecule has 2 rings (SSSR count). The number of likely N-dealkylation sites (tertiary alicyclic amines) is 1. The number of hydrogen-bond acceptors (Lipinski definition) is 4. The van der Waals surface area contributed by atoms with Crippen LogP contribution in [-0.2, 0) is 9.53 Å². The van der Waals surface area contributed by atoms with Crippen molar-refractivity contribution in [2.75, 3.05) is 31.6 Å². The third kappa shape index (κ3) is 6.63. The number of ether oxygens (including phenoxy) is 1. The smallest absolute Gasteiger partial charge is 0.409 e. The number of rotatable bonds is 6. The van der Waals surface area contributed by atoms with Gasteiger partial charge < -0.3 is 20.3 Å². The Morgan fingerprint density at radius 2 is 1.84 bits per heavy atom. The molecule has 1 aliphatic rings. The fourth-order valence-corrected chi connectivity index (χ4v) is 3.22. The zero-order valence-electron chi connectivity index (χ0n) is 14.2. The second-order valence-corrected chi connectivity index (χ2v) is 6.74. The van der Waals surface area contributed by atoms with Crippen molar-refractivity contribution in [1.29, 1.82) is 0 Å². The molecule has 0 atom stereocenters. The van der Waals surface area contributed by atoms with E-state index >= 15 is 0 Å². The Balaban J connectivity index is 1.66. The monoisotopic (exact) mass is 387 g/mol. The normalized spacial score (nSPS) is 14.9. The van der Waals surface area contributed by atoms with Gasteiger partial charge in [0.25, 0.3) is 0 Å². The van der Waals surface area contributed by atoms with Gasteiger partial charge in [0.1, 0.15) is 0 Å². The molecule has 2 N–H and O–H groups in total. The number of carbonyl (C=O) groups excluding carboxylic acids is 2. The highest BCUT2D eigenvalue weighted by Gasteiger charge is 2.24. The van der Waals surface area contributed by atoms with Crippen LogP contribution in [0.15, 0.2) is 18.2 Å². The topological polar surface area (TPSA) is 70.7 Å². The molecule has 8 heteroatoms. The van der Waals surface area contributed by atoms with E-state index in [9.17, 15) is 9.59 Å². The summed E-state index contributed by atoms with van der Waals surface area (Å²) in [6.45, 7) is 3.85. The third-order valence-electron chi connectivity index (χ3n) is 3.93. The zero-order chi connectivity index (χ0) is 18.2. The third-order valence-corrected chi connectivity index (χ3v) is 4.37. The van der Waals surface area contributed by atoms with Gasteiger partial charge in [0.05, 0.1) is 6.61 Å². The van der Waals surface area contributed by atoms with Gasteiger partial charge in [0.2, 0.25) is 5.91 Å². The Bertz CT molecular complexity index is 585. The number of halogens is 2. The van der Waals surface area contributed by atoms with E-state index in [2.05, 4.69) is 10.6 Å². The lowest BCUT2D eigenvalue weighted by atomic mass is 10.1. The molecule has 1 aliphatic heterocycles. The zero-order valence-corrected chi connectivity index (χ0v) is 15.7. The molecule has 0 aromatic heterocycles. The minimum absolute atomic E-state index is 0.0183. The van der Waals surface area contributed by atoms with E-state index in [4.69, 9.17) is 27.9 Å². The van der Waals surface area contributed by atoms with E-state index in [0.717, 1.165) is 18.5 Å². The Kier molecular flexibility index (Phi) is 7.65. The molecular weight excluding hydrogens is 365 g/mol. The average Bonchev–Trinajstić information content (AvgIpc) is 2.55. The Hall–Kier alpha value is -1.66. The van der Waals surface area contributed by atoms with Crippen LogP contribution in [-0.4, -0.2) is 49.2 Å². The standard InChI is InChI=1S/C17H23Cl2N3O3/c1-2-25-17(24)22-7-4-14(5-8-22)21-16(23)3-6-20-15-10-12(18)9-13(19)11-15/h9-11,14,20H,2-8H2,1H3,(H,21,23). The number of piperidine rings is 1. The van der Waals surface area contributed by atoms with Gasteiger partial charge in [-0.25, -0.2) is 4.79 Å². The van der Waals surface area contributed by atoms with Gasteiger partial charge in [0, 0.05) is 47.8 Å². The molecule has 138 valence electrons. The molecule has 0 saturated carbocycles. The summed E-state index contributed by atoms with van der Waals surface area (Å²) in [5.74, 6) is -0.0183. The van der Waals surface area contributed by atoms with Crippen molar-refractivity contribution in [3.8, 4) is 0 Å². The first-order valence-electron chi connectivity index (χ1n) is 8.39. The Labute approximate surface area is 157 Å². The Morgan fingerprint density at radius 3 is 2.44 bits per heavy atom. The predicted molar refractivity (Wildman–Crippen MR) is 99.3 cm³/mol. The first-order valence-corrected chi connectivity index (χ1v) is 9.14. The van der Waals surface area contributed by atoms with Crippen LogP contribution < -0.4 is 10.6 Å². The van der Waals surface area contributed by atoms with E-state index in [1.807, 2.05) is 0 Å². The fraction of sp³-hybridized carbons (Fsp3) is 0.529. The maximum Gasteiger partial charge on any atom is 0.409 e. The highest BCUT2D eigenvalue weighted by atomic mass is 35.5. The maximum atomic E-state index is 12.0. The van der Waals surface area contributed by atoms with Crippen LogP contribution in [0.25, 0.3) is 0 Å². The molecule has 1 aromatic carbocycles. The van der Waals surface area contributed by atoms with Crippen LogP contribution in [0.3, 0.4) is 0 Å². The summed E-state index contributed by atoms with van der Waals surface area (Å²) in [4.78, 5) is 25.4. The molecule has 0 bridgehead atoms. The molecule has 2 amide bonds. The maximum absolute atomic E-state index is 12.0. The van der Waals surface area contributed by atoms with Gasteiger partial charge in [-0.3, -0.25) is 4.79 Å². The summed E-state index contributed by atoms with van der Waals surface area (Å²) in [5, 5.41) is 7.24. The van der Waals surface area contributed by atoms with Crippen molar-refractivity contribution in [1.82, 2.24) is 10.2 Å². The molecule has 0 spiro atoms. The van der Waals surface area contributed by atoms with Gasteiger partial charge in [-0.1, -0.05) is 23.2 Å². The lowest BCUT2D eigenvalue weighted by Gasteiger charge is -2.31. The van der Waals surface area contributed by atoms with Gasteiger partial charge in [0.15, 0.2) is 0 Å². The van der Waals surface area contributed by atoms with Crippen LogP contribution in [0.1, 0.15) is 26.2 Å². The lowest BCUT2D eigenvalue weighted by Crippen LogP contribution is -2.46. The molecular formula is C17H23Cl2N3O3. The number of amides is 2. The van der Waals surface area contributed by atoms with Crippen molar-refractivity contribution in [3.63, 3.8) is 0 Å². The summed E-state index contributed by atoms with van der Waals surface area (Å²) in [6, 6.07) is 5.27. The van der Waals surface area contributed by atoms with Crippen LogP contribution in [0.4, 0.5) is 10.5 Å². The summed E-state index contributed by atoms with van der Waals surface area (Å²) in [7, 11) is 0. The lowest BCUT2D eigenvalue weighted by molar-refractivity contribution is -0.121. The summed E-state index contributed by atoms with van der Waals surface area (Å²) in [5.41, 5.74) is 0.785. The second-order valence-electron chi connectivity index (χ2n) is 5.86. The van der Waals surface area contributed by atoms with Crippen LogP contribution in [0.5, 0.6) is 0 Å². The number of carbonyl (C=O) groups is 2. The van der Waals surface area contributed by atoms with Crippen LogP contribution in [0.2, 0.25) is 10.0 Å². The number of benzene rings is 1. The summed E-state index contributed by atoms with van der Waals surface area (Å²) in [6.07, 6.45) is 1.54. The van der Waals surface area contributed by atoms with Gasteiger partial charge in [-0.05, 0) is 38.0 Å². The predicted octanol–water partition coefficient (Wildman–Crippen LogP) is 3.53. The van der Waals surface area contributed by atoms with Gasteiger partial charge in [-0.15, -0.1) is 0 Å². The molecule has 1 aromatic rings. The molecule has 1 saturated heterocycles. The van der Waals surface area contributed by atoms with Crippen molar-refractivity contribution in [2.24, 2.45) is 0 Å². The van der Waals surface area contributed by atoms with Crippen molar-refractivity contribution >= 4 is 40.9 Å². The SMILES string of the molecule is CCOC(=O)N1CCC(NC(=O)CCNc2cc(Cl)cc(Cl)c2)CC1. The molecule has 6 nitrogen and oxygen atoms in total. The van der Waals surface area contributed by atoms with E-state index in [1.165, 1.54) is 0 Å². The number of anilines is 1. The highest BCUT2D eigenvalue weighted by Crippen LogP contribution is 2.22. The molecule has 0 radical (unpaired) electrons. The van der Waals surface area contributed by atoms with Gasteiger partial charge >= 0.3 is 6.09 Å². The van der Waals surface area contributed by atoms with Crippen molar-refractivity contribution < 1.29 is 14.3 Å². The summed E-state index contributed by atoms with van der Waals surface area (Å²) >= 11 is 11.9. The minimum Gasteiger partial charge on any atom is -0.450 e. The highest BCUT2D eigenvalue weighted by molar-refractivity contribution is 6.35. The molecule has 1 heterocycles. The average molecular weight is 388 g/mol. The first-order chi connectivity index (χ1) is 12.0. The van der Waals surface area contributed by atoms with E-state index < -0.39 is 0 Å². The molecule has 25 heavy (non-hydrogen) atoms. The van der Waals surface area contributed by atoms with E-state index in [-0.39, 0.29) is 18.0 Å². The van der Waals surface area contributed by atoms with Gasteiger partial charge in [-0.2, -0.15) is 0 Å². The first kappa shape index (κ1) is 19.7. The number of nitrogens with zero attached hydrogens (tertiary/aromatic N) is 1. The molecule has 0 unspecified atom stereocenters. The van der Waals surface area contributed by atoms with E-state index in [0.29, 0.717) is 42.7 Å².